The van der Waals surface area contributed by atoms with Crippen LogP contribution in [0.4, 0.5) is 0 Å². The van der Waals surface area contributed by atoms with E-state index in [0.717, 1.165) is 11.1 Å². The normalized spacial score (nSPS) is 11.8. The van der Waals surface area contributed by atoms with Gasteiger partial charge in [-0.25, -0.2) is 0 Å². The number of methoxy groups -OCH3 is 2. The Hall–Kier alpha value is -2.27. The maximum absolute atomic E-state index is 6.32. The first-order chi connectivity index (χ1) is 10.2. The van der Waals surface area contributed by atoms with E-state index in [1.807, 2.05) is 31.2 Å². The van der Waals surface area contributed by atoms with Crippen LogP contribution in [0.25, 0.3) is 0 Å². The van der Waals surface area contributed by atoms with Crippen molar-refractivity contribution < 1.29 is 14.2 Å². The molecule has 0 aliphatic carbocycles. The third-order valence-electron chi connectivity index (χ3n) is 3.14. The molecule has 0 amide bonds. The zero-order valence-electron chi connectivity index (χ0n) is 12.5. The van der Waals surface area contributed by atoms with Crippen molar-refractivity contribution in [2.24, 2.45) is 5.73 Å². The molecule has 1 aromatic heterocycles. The summed E-state index contributed by atoms with van der Waals surface area (Å²) in [7, 11) is 3.22. The summed E-state index contributed by atoms with van der Waals surface area (Å²) in [6.07, 6.45) is 3.41. The van der Waals surface area contributed by atoms with Crippen LogP contribution in [0.15, 0.2) is 36.7 Å². The van der Waals surface area contributed by atoms with E-state index >= 15 is 0 Å². The van der Waals surface area contributed by atoms with Crippen molar-refractivity contribution in [2.45, 2.75) is 13.0 Å². The molecular formula is C16H20N2O3. The molecule has 1 atom stereocenters. The minimum Gasteiger partial charge on any atom is -0.497 e. The van der Waals surface area contributed by atoms with Crippen molar-refractivity contribution in [1.82, 2.24) is 4.98 Å². The van der Waals surface area contributed by atoms with Gasteiger partial charge in [-0.3, -0.25) is 4.98 Å². The molecule has 2 rings (SSSR count). The van der Waals surface area contributed by atoms with Crippen molar-refractivity contribution in [3.8, 4) is 17.2 Å². The molecule has 1 unspecified atom stereocenters. The Morgan fingerprint density at radius 2 is 1.57 bits per heavy atom. The molecule has 1 aromatic carbocycles. The molecule has 5 nitrogen and oxygen atoms in total. The van der Waals surface area contributed by atoms with Crippen LogP contribution in [0.1, 0.15) is 24.1 Å². The fourth-order valence-electron chi connectivity index (χ4n) is 2.05. The van der Waals surface area contributed by atoms with Gasteiger partial charge in [0.1, 0.15) is 17.2 Å². The summed E-state index contributed by atoms with van der Waals surface area (Å²) in [5.41, 5.74) is 8.08. The van der Waals surface area contributed by atoms with Gasteiger partial charge >= 0.3 is 0 Å². The Morgan fingerprint density at radius 3 is 2.14 bits per heavy atom. The van der Waals surface area contributed by atoms with Gasteiger partial charge in [0.15, 0.2) is 0 Å². The van der Waals surface area contributed by atoms with E-state index in [0.29, 0.717) is 23.9 Å². The Balaban J connectivity index is 2.34. The average molecular weight is 288 g/mol. The summed E-state index contributed by atoms with van der Waals surface area (Å²) in [5, 5.41) is 0. The van der Waals surface area contributed by atoms with Crippen molar-refractivity contribution in [2.75, 3.05) is 20.8 Å². The Kier molecular flexibility index (Phi) is 5.00. The SMILES string of the molecule is CCOc1cncc(C(N)c2cc(OC)cc(OC)c2)c1. The average Bonchev–Trinajstić information content (AvgIpc) is 2.54. The number of benzene rings is 1. The molecule has 0 aliphatic heterocycles. The highest BCUT2D eigenvalue weighted by atomic mass is 16.5. The number of hydrogen-bond donors (Lipinski definition) is 1. The lowest BCUT2D eigenvalue weighted by Gasteiger charge is -2.15. The zero-order chi connectivity index (χ0) is 15.2. The van der Waals surface area contributed by atoms with E-state index in [2.05, 4.69) is 4.98 Å². The fraction of sp³-hybridized carbons (Fsp3) is 0.312. The third-order valence-corrected chi connectivity index (χ3v) is 3.14. The number of nitrogens with zero attached hydrogens (tertiary/aromatic N) is 1. The number of hydrogen-bond acceptors (Lipinski definition) is 5. The predicted octanol–water partition coefficient (Wildman–Crippen LogP) is 2.55. The van der Waals surface area contributed by atoms with Gasteiger partial charge in [-0.2, -0.15) is 0 Å². The maximum atomic E-state index is 6.32. The van der Waals surface area contributed by atoms with Gasteiger partial charge in [0.05, 0.1) is 33.1 Å². The quantitative estimate of drug-likeness (QED) is 0.884. The summed E-state index contributed by atoms with van der Waals surface area (Å²) in [6, 6.07) is 7.15. The van der Waals surface area contributed by atoms with Crippen LogP contribution in [0.3, 0.4) is 0 Å². The monoisotopic (exact) mass is 288 g/mol. The molecule has 2 aromatic rings. The summed E-state index contributed by atoms with van der Waals surface area (Å²) in [5.74, 6) is 2.11. The second-order valence-electron chi connectivity index (χ2n) is 4.51. The second kappa shape index (κ2) is 6.95. The molecule has 0 saturated heterocycles. The molecule has 112 valence electrons. The van der Waals surface area contributed by atoms with Crippen LogP contribution >= 0.6 is 0 Å². The van der Waals surface area contributed by atoms with E-state index in [1.54, 1.807) is 26.6 Å². The first kappa shape index (κ1) is 15.1. The number of nitrogens with two attached hydrogens (primary N) is 1. The number of aromatic nitrogens is 1. The van der Waals surface area contributed by atoms with E-state index in [9.17, 15) is 0 Å². The highest BCUT2D eigenvalue weighted by Gasteiger charge is 2.13. The van der Waals surface area contributed by atoms with Gasteiger partial charge in [-0.1, -0.05) is 0 Å². The molecule has 0 aliphatic rings. The van der Waals surface area contributed by atoms with E-state index in [1.165, 1.54) is 0 Å². The van der Waals surface area contributed by atoms with Gasteiger partial charge in [0, 0.05) is 12.3 Å². The minimum absolute atomic E-state index is 0.332. The molecule has 5 heteroatoms. The van der Waals surface area contributed by atoms with Gasteiger partial charge in [-0.15, -0.1) is 0 Å². The minimum atomic E-state index is -0.332. The van der Waals surface area contributed by atoms with Gasteiger partial charge in [0.25, 0.3) is 0 Å². The lowest BCUT2D eigenvalue weighted by atomic mass is 10.0. The first-order valence-electron chi connectivity index (χ1n) is 6.74. The molecule has 0 saturated carbocycles. The summed E-state index contributed by atoms with van der Waals surface area (Å²) in [4.78, 5) is 4.17. The van der Waals surface area contributed by atoms with E-state index in [4.69, 9.17) is 19.9 Å². The Morgan fingerprint density at radius 1 is 0.952 bits per heavy atom. The van der Waals surface area contributed by atoms with Crippen molar-refractivity contribution in [1.29, 1.82) is 0 Å². The summed E-state index contributed by atoms with van der Waals surface area (Å²) < 4.78 is 16.0. The highest BCUT2D eigenvalue weighted by Crippen LogP contribution is 2.29. The lowest BCUT2D eigenvalue weighted by molar-refractivity contribution is 0.338. The fourth-order valence-corrected chi connectivity index (χ4v) is 2.05. The van der Waals surface area contributed by atoms with E-state index < -0.39 is 0 Å². The van der Waals surface area contributed by atoms with Crippen LogP contribution in [-0.4, -0.2) is 25.8 Å². The topological polar surface area (TPSA) is 66.6 Å². The van der Waals surface area contributed by atoms with Gasteiger partial charge in [-0.05, 0) is 36.2 Å². The smallest absolute Gasteiger partial charge is 0.137 e. The van der Waals surface area contributed by atoms with Crippen LogP contribution < -0.4 is 19.9 Å². The van der Waals surface area contributed by atoms with Crippen LogP contribution in [0.5, 0.6) is 17.2 Å². The molecule has 0 fully saturated rings. The zero-order valence-corrected chi connectivity index (χ0v) is 12.5. The van der Waals surface area contributed by atoms with E-state index in [-0.39, 0.29) is 6.04 Å². The number of ether oxygens (including phenoxy) is 3. The predicted molar refractivity (Wildman–Crippen MR) is 81.0 cm³/mol. The van der Waals surface area contributed by atoms with Crippen LogP contribution in [-0.2, 0) is 0 Å². The molecule has 0 radical (unpaired) electrons. The maximum Gasteiger partial charge on any atom is 0.137 e. The van der Waals surface area contributed by atoms with Crippen LogP contribution in [0, 0.1) is 0 Å². The summed E-state index contributed by atoms with van der Waals surface area (Å²) in [6.45, 7) is 2.52. The van der Waals surface area contributed by atoms with Gasteiger partial charge in [0.2, 0.25) is 0 Å². The van der Waals surface area contributed by atoms with Crippen molar-refractivity contribution in [3.63, 3.8) is 0 Å². The lowest BCUT2D eigenvalue weighted by Crippen LogP contribution is -2.12. The van der Waals surface area contributed by atoms with Gasteiger partial charge < -0.3 is 19.9 Å². The molecule has 2 N–H and O–H groups in total. The Bertz CT molecular complexity index is 580. The number of rotatable bonds is 6. The molecule has 1 heterocycles. The largest absolute Gasteiger partial charge is 0.497 e. The molecule has 0 spiro atoms. The van der Waals surface area contributed by atoms with Crippen molar-refractivity contribution >= 4 is 0 Å². The second-order valence-corrected chi connectivity index (χ2v) is 4.51. The summed E-state index contributed by atoms with van der Waals surface area (Å²) >= 11 is 0. The first-order valence-corrected chi connectivity index (χ1v) is 6.74. The molecular weight excluding hydrogens is 268 g/mol. The molecule has 0 bridgehead atoms. The number of pyridine rings is 1. The van der Waals surface area contributed by atoms with Crippen LogP contribution in [0.2, 0.25) is 0 Å². The standard InChI is InChI=1S/C16H20N2O3/c1-4-21-15-7-12(9-18-10-15)16(17)11-5-13(19-2)8-14(6-11)20-3/h5-10,16H,4,17H2,1-3H3. The van der Waals surface area contributed by atoms with Crippen molar-refractivity contribution in [3.05, 3.63) is 47.8 Å². The third kappa shape index (κ3) is 3.64. The highest BCUT2D eigenvalue weighted by molar-refractivity contribution is 5.43. The molecule has 21 heavy (non-hydrogen) atoms. The Labute approximate surface area is 124 Å².